The number of carbonyl (C=O) groups is 1. The number of fused-ring (bicyclic) bond motifs is 1. The van der Waals surface area contributed by atoms with E-state index in [1.807, 2.05) is 39.2 Å². The van der Waals surface area contributed by atoms with Gasteiger partial charge in [0.25, 0.3) is 5.91 Å². The Hall–Kier alpha value is -2.12. The average Bonchev–Trinajstić information content (AvgIpc) is 3.24. The Morgan fingerprint density at radius 1 is 1.32 bits per heavy atom. The fraction of sp³-hybridized carbons (Fsp3) is 0.333. The molecule has 7 heteroatoms. The van der Waals surface area contributed by atoms with E-state index in [-0.39, 0.29) is 5.91 Å². The first-order valence-electron chi connectivity index (χ1n) is 7.26. The van der Waals surface area contributed by atoms with Crippen molar-refractivity contribution >= 4 is 22.2 Å². The predicted molar refractivity (Wildman–Crippen MR) is 83.0 cm³/mol. The standard InChI is InChI=1S/C15H16N4O2S/c20-14(13-11-19-7-9-22-15(19)16-13)18-5-3-17(4-6-18)10-12-2-1-8-21-12/h1-2,7-9,11H,3-6,10H2. The Kier molecular flexibility index (Phi) is 3.44. The van der Waals surface area contributed by atoms with Gasteiger partial charge in [0.05, 0.1) is 12.8 Å². The van der Waals surface area contributed by atoms with Crippen molar-refractivity contribution in [3.05, 3.63) is 47.6 Å². The van der Waals surface area contributed by atoms with Crippen LogP contribution < -0.4 is 0 Å². The van der Waals surface area contributed by atoms with Crippen molar-refractivity contribution in [2.24, 2.45) is 0 Å². The highest BCUT2D eigenvalue weighted by molar-refractivity contribution is 7.15. The minimum Gasteiger partial charge on any atom is -0.468 e. The highest BCUT2D eigenvalue weighted by Crippen LogP contribution is 2.15. The molecule has 6 nitrogen and oxygen atoms in total. The third kappa shape index (κ3) is 2.53. The van der Waals surface area contributed by atoms with Gasteiger partial charge in [0.1, 0.15) is 11.5 Å². The highest BCUT2D eigenvalue weighted by atomic mass is 32.1. The van der Waals surface area contributed by atoms with E-state index in [9.17, 15) is 4.79 Å². The number of hydrogen-bond donors (Lipinski definition) is 0. The molecule has 0 spiro atoms. The van der Waals surface area contributed by atoms with Gasteiger partial charge < -0.3 is 9.32 Å². The summed E-state index contributed by atoms with van der Waals surface area (Å²) in [4.78, 5) is 21.9. The number of thiazole rings is 1. The van der Waals surface area contributed by atoms with Gasteiger partial charge in [-0.3, -0.25) is 14.1 Å². The lowest BCUT2D eigenvalue weighted by Gasteiger charge is -2.33. The third-order valence-electron chi connectivity index (χ3n) is 3.93. The van der Waals surface area contributed by atoms with E-state index in [4.69, 9.17) is 4.42 Å². The SMILES string of the molecule is O=C(c1cn2ccsc2n1)N1CCN(Cc2ccco2)CC1. The molecule has 1 aliphatic rings. The monoisotopic (exact) mass is 316 g/mol. The number of rotatable bonds is 3. The van der Waals surface area contributed by atoms with Crippen molar-refractivity contribution in [3.8, 4) is 0 Å². The topological polar surface area (TPSA) is 54.0 Å². The minimum absolute atomic E-state index is 0.0218. The van der Waals surface area contributed by atoms with Crippen LogP contribution in [-0.2, 0) is 6.54 Å². The molecule has 0 aromatic carbocycles. The van der Waals surface area contributed by atoms with Crippen LogP contribution in [0, 0.1) is 0 Å². The van der Waals surface area contributed by atoms with Crippen molar-refractivity contribution in [2.45, 2.75) is 6.54 Å². The molecule has 0 unspecified atom stereocenters. The van der Waals surface area contributed by atoms with E-state index in [1.54, 1.807) is 6.26 Å². The van der Waals surface area contributed by atoms with Crippen LogP contribution in [0.4, 0.5) is 0 Å². The van der Waals surface area contributed by atoms with Gasteiger partial charge in [-0.25, -0.2) is 4.98 Å². The number of hydrogen-bond acceptors (Lipinski definition) is 5. The van der Waals surface area contributed by atoms with Crippen LogP contribution in [-0.4, -0.2) is 51.3 Å². The van der Waals surface area contributed by atoms with Crippen LogP contribution in [0.3, 0.4) is 0 Å². The van der Waals surface area contributed by atoms with Crippen molar-refractivity contribution < 1.29 is 9.21 Å². The molecule has 1 amide bonds. The molecule has 0 aliphatic carbocycles. The second kappa shape index (κ2) is 5.58. The zero-order valence-corrected chi connectivity index (χ0v) is 12.8. The van der Waals surface area contributed by atoms with Crippen LogP contribution in [0.2, 0.25) is 0 Å². The lowest BCUT2D eigenvalue weighted by Crippen LogP contribution is -2.48. The molecule has 3 aromatic rings. The van der Waals surface area contributed by atoms with E-state index in [2.05, 4.69) is 9.88 Å². The number of carbonyl (C=O) groups excluding carboxylic acids is 1. The fourth-order valence-electron chi connectivity index (χ4n) is 2.72. The van der Waals surface area contributed by atoms with Crippen LogP contribution >= 0.6 is 11.3 Å². The van der Waals surface area contributed by atoms with Gasteiger partial charge >= 0.3 is 0 Å². The van der Waals surface area contributed by atoms with Crippen LogP contribution in [0.25, 0.3) is 4.96 Å². The van der Waals surface area contributed by atoms with E-state index >= 15 is 0 Å². The lowest BCUT2D eigenvalue weighted by atomic mass is 10.2. The summed E-state index contributed by atoms with van der Waals surface area (Å²) < 4.78 is 7.26. The molecule has 1 saturated heterocycles. The molecule has 4 heterocycles. The first-order chi connectivity index (χ1) is 10.8. The van der Waals surface area contributed by atoms with Gasteiger partial charge in [0, 0.05) is 44.0 Å². The van der Waals surface area contributed by atoms with Gasteiger partial charge in [0.2, 0.25) is 0 Å². The zero-order chi connectivity index (χ0) is 14.9. The number of amides is 1. The Balaban J connectivity index is 1.38. The van der Waals surface area contributed by atoms with Crippen molar-refractivity contribution in [2.75, 3.05) is 26.2 Å². The number of aromatic nitrogens is 2. The first kappa shape index (κ1) is 13.5. The van der Waals surface area contributed by atoms with Gasteiger partial charge in [-0.1, -0.05) is 0 Å². The maximum absolute atomic E-state index is 12.5. The molecule has 0 atom stereocenters. The molecule has 0 radical (unpaired) electrons. The maximum Gasteiger partial charge on any atom is 0.274 e. The van der Waals surface area contributed by atoms with Gasteiger partial charge in [0.15, 0.2) is 4.96 Å². The molecule has 3 aromatic heterocycles. The molecule has 0 saturated carbocycles. The summed E-state index contributed by atoms with van der Waals surface area (Å²) in [5.74, 6) is 0.989. The van der Waals surface area contributed by atoms with Gasteiger partial charge in [-0.15, -0.1) is 11.3 Å². The summed E-state index contributed by atoms with van der Waals surface area (Å²) in [5, 5.41) is 1.96. The molecular weight excluding hydrogens is 300 g/mol. The summed E-state index contributed by atoms with van der Waals surface area (Å²) in [6, 6.07) is 3.88. The number of imidazole rings is 1. The quantitative estimate of drug-likeness (QED) is 0.741. The Morgan fingerprint density at radius 3 is 2.91 bits per heavy atom. The summed E-state index contributed by atoms with van der Waals surface area (Å²) in [5.41, 5.74) is 0.534. The Labute approximate surface area is 131 Å². The van der Waals surface area contributed by atoms with Crippen LogP contribution in [0.1, 0.15) is 16.2 Å². The van der Waals surface area contributed by atoms with Crippen molar-refractivity contribution in [1.29, 1.82) is 0 Å². The molecule has 1 aliphatic heterocycles. The molecule has 1 fully saturated rings. The minimum atomic E-state index is 0.0218. The number of piperazine rings is 1. The zero-order valence-electron chi connectivity index (χ0n) is 12.0. The highest BCUT2D eigenvalue weighted by Gasteiger charge is 2.24. The third-order valence-corrected chi connectivity index (χ3v) is 4.70. The van der Waals surface area contributed by atoms with Crippen molar-refractivity contribution in [1.82, 2.24) is 19.2 Å². The molecule has 0 N–H and O–H groups in total. The van der Waals surface area contributed by atoms with E-state index in [0.717, 1.165) is 43.4 Å². The number of nitrogens with zero attached hydrogens (tertiary/aromatic N) is 4. The smallest absolute Gasteiger partial charge is 0.274 e. The Bertz CT molecular complexity index is 740. The van der Waals surface area contributed by atoms with Gasteiger partial charge in [-0.2, -0.15) is 0 Å². The average molecular weight is 316 g/mol. The molecular formula is C15H16N4O2S. The van der Waals surface area contributed by atoms with Crippen molar-refractivity contribution in [3.63, 3.8) is 0 Å². The molecule has 114 valence electrons. The largest absolute Gasteiger partial charge is 0.468 e. The summed E-state index contributed by atoms with van der Waals surface area (Å²) >= 11 is 1.54. The van der Waals surface area contributed by atoms with Crippen LogP contribution in [0.5, 0.6) is 0 Å². The molecule has 4 rings (SSSR count). The van der Waals surface area contributed by atoms with E-state index < -0.39 is 0 Å². The normalized spacial score (nSPS) is 16.5. The predicted octanol–water partition coefficient (Wildman–Crippen LogP) is 1.95. The second-order valence-corrected chi connectivity index (χ2v) is 6.24. The van der Waals surface area contributed by atoms with Gasteiger partial charge in [-0.05, 0) is 12.1 Å². The summed E-state index contributed by atoms with van der Waals surface area (Å²) in [6.07, 6.45) is 5.42. The Morgan fingerprint density at radius 2 is 2.18 bits per heavy atom. The number of furan rings is 1. The molecule has 0 bridgehead atoms. The second-order valence-electron chi connectivity index (χ2n) is 5.37. The van der Waals surface area contributed by atoms with E-state index in [0.29, 0.717) is 5.69 Å². The molecule has 22 heavy (non-hydrogen) atoms. The van der Waals surface area contributed by atoms with E-state index in [1.165, 1.54) is 11.3 Å². The van der Waals surface area contributed by atoms with Crippen LogP contribution in [0.15, 0.2) is 40.6 Å². The maximum atomic E-state index is 12.5. The summed E-state index contributed by atoms with van der Waals surface area (Å²) in [7, 11) is 0. The fourth-order valence-corrected chi connectivity index (χ4v) is 3.42. The lowest BCUT2D eigenvalue weighted by molar-refractivity contribution is 0.0615. The summed E-state index contributed by atoms with van der Waals surface area (Å²) in [6.45, 7) is 3.97. The first-order valence-corrected chi connectivity index (χ1v) is 8.14.